The van der Waals surface area contributed by atoms with Crippen LogP contribution in [0.5, 0.6) is 5.75 Å². The molecule has 19 heavy (non-hydrogen) atoms. The molecule has 1 unspecified atom stereocenters. The Morgan fingerprint density at radius 3 is 2.58 bits per heavy atom. The van der Waals surface area contributed by atoms with Crippen molar-refractivity contribution in [1.29, 1.82) is 0 Å². The Balaban J connectivity index is 2.63. The number of esters is 1. The number of carbonyl (C=O) groups is 1. The SMILES string of the molecule is COCc1cccc(OC(C)C(=O)OC(C)(C)C)c1. The summed E-state index contributed by atoms with van der Waals surface area (Å²) >= 11 is 0. The van der Waals surface area contributed by atoms with Crippen LogP contribution < -0.4 is 4.74 Å². The van der Waals surface area contributed by atoms with Crippen molar-refractivity contribution < 1.29 is 19.0 Å². The van der Waals surface area contributed by atoms with E-state index >= 15 is 0 Å². The Hall–Kier alpha value is -1.55. The zero-order chi connectivity index (χ0) is 14.5. The first-order valence-electron chi connectivity index (χ1n) is 6.29. The van der Waals surface area contributed by atoms with Crippen molar-refractivity contribution in [2.75, 3.05) is 7.11 Å². The van der Waals surface area contributed by atoms with Crippen LogP contribution in [-0.2, 0) is 20.9 Å². The Morgan fingerprint density at radius 2 is 2.00 bits per heavy atom. The van der Waals surface area contributed by atoms with E-state index in [4.69, 9.17) is 14.2 Å². The highest BCUT2D eigenvalue weighted by Gasteiger charge is 2.22. The molecular formula is C15H22O4. The summed E-state index contributed by atoms with van der Waals surface area (Å²) in [6.07, 6.45) is -0.642. The lowest BCUT2D eigenvalue weighted by Crippen LogP contribution is -2.33. The fourth-order valence-electron chi connectivity index (χ4n) is 1.51. The maximum absolute atomic E-state index is 11.8. The van der Waals surface area contributed by atoms with Crippen molar-refractivity contribution in [3.63, 3.8) is 0 Å². The zero-order valence-electron chi connectivity index (χ0n) is 12.2. The second-order valence-corrected chi connectivity index (χ2v) is 5.37. The monoisotopic (exact) mass is 266 g/mol. The third-order valence-electron chi connectivity index (χ3n) is 2.26. The van der Waals surface area contributed by atoms with E-state index in [2.05, 4.69) is 0 Å². The van der Waals surface area contributed by atoms with E-state index in [1.54, 1.807) is 20.1 Å². The van der Waals surface area contributed by atoms with Gasteiger partial charge in [-0.15, -0.1) is 0 Å². The van der Waals surface area contributed by atoms with Gasteiger partial charge in [0.25, 0.3) is 0 Å². The van der Waals surface area contributed by atoms with Gasteiger partial charge in [0, 0.05) is 7.11 Å². The average molecular weight is 266 g/mol. The average Bonchev–Trinajstić information content (AvgIpc) is 2.27. The molecule has 1 aromatic rings. The Kier molecular flexibility index (Phi) is 5.36. The Bertz CT molecular complexity index is 420. The van der Waals surface area contributed by atoms with Gasteiger partial charge in [0.1, 0.15) is 11.4 Å². The third kappa shape index (κ3) is 5.75. The topological polar surface area (TPSA) is 44.8 Å². The number of benzene rings is 1. The van der Waals surface area contributed by atoms with E-state index < -0.39 is 11.7 Å². The molecule has 0 aliphatic rings. The lowest BCUT2D eigenvalue weighted by atomic mass is 10.2. The summed E-state index contributed by atoms with van der Waals surface area (Å²) in [4.78, 5) is 11.8. The molecule has 0 aliphatic carbocycles. The third-order valence-corrected chi connectivity index (χ3v) is 2.26. The molecule has 0 N–H and O–H groups in total. The number of rotatable bonds is 5. The standard InChI is InChI=1S/C15H22O4/c1-11(14(16)19-15(2,3)4)18-13-8-6-7-12(9-13)10-17-5/h6-9,11H,10H2,1-5H3. The fourth-order valence-corrected chi connectivity index (χ4v) is 1.51. The van der Waals surface area contributed by atoms with Gasteiger partial charge in [-0.2, -0.15) is 0 Å². The highest BCUT2D eigenvalue weighted by atomic mass is 16.6. The molecule has 4 heteroatoms. The molecule has 4 nitrogen and oxygen atoms in total. The molecule has 0 heterocycles. The quantitative estimate of drug-likeness (QED) is 0.769. The summed E-state index contributed by atoms with van der Waals surface area (Å²) in [5.41, 5.74) is 0.489. The number of hydrogen-bond donors (Lipinski definition) is 0. The van der Waals surface area contributed by atoms with E-state index in [-0.39, 0.29) is 5.97 Å². The van der Waals surface area contributed by atoms with E-state index in [0.717, 1.165) is 5.56 Å². The van der Waals surface area contributed by atoms with Crippen molar-refractivity contribution in [2.45, 2.75) is 46.0 Å². The second kappa shape index (κ2) is 6.57. The molecule has 0 amide bonds. The smallest absolute Gasteiger partial charge is 0.347 e. The maximum atomic E-state index is 11.8. The summed E-state index contributed by atoms with van der Waals surface area (Å²) in [7, 11) is 1.64. The van der Waals surface area contributed by atoms with Gasteiger partial charge in [-0.25, -0.2) is 4.79 Å². The van der Waals surface area contributed by atoms with Gasteiger partial charge in [-0.3, -0.25) is 0 Å². The Morgan fingerprint density at radius 1 is 1.32 bits per heavy atom. The van der Waals surface area contributed by atoms with Gasteiger partial charge in [-0.05, 0) is 45.4 Å². The molecule has 0 radical (unpaired) electrons. The number of carbonyl (C=O) groups excluding carboxylic acids is 1. The zero-order valence-corrected chi connectivity index (χ0v) is 12.2. The highest BCUT2D eigenvalue weighted by Crippen LogP contribution is 2.17. The molecule has 1 rings (SSSR count). The predicted octanol–water partition coefficient (Wildman–Crippen LogP) is 2.94. The van der Waals surface area contributed by atoms with Crippen LogP contribution >= 0.6 is 0 Å². The van der Waals surface area contributed by atoms with Crippen LogP contribution in [0.4, 0.5) is 0 Å². The van der Waals surface area contributed by atoms with E-state index in [0.29, 0.717) is 12.4 Å². The van der Waals surface area contributed by atoms with Crippen molar-refractivity contribution in [1.82, 2.24) is 0 Å². The van der Waals surface area contributed by atoms with Crippen LogP contribution in [0.1, 0.15) is 33.3 Å². The minimum absolute atomic E-state index is 0.371. The lowest BCUT2D eigenvalue weighted by Gasteiger charge is -2.22. The Labute approximate surface area is 114 Å². The molecule has 106 valence electrons. The summed E-state index contributed by atoms with van der Waals surface area (Å²) in [6, 6.07) is 7.46. The molecule has 0 saturated carbocycles. The molecule has 0 aromatic heterocycles. The maximum Gasteiger partial charge on any atom is 0.347 e. The van der Waals surface area contributed by atoms with E-state index in [1.165, 1.54) is 0 Å². The molecular weight excluding hydrogens is 244 g/mol. The van der Waals surface area contributed by atoms with Gasteiger partial charge in [0.05, 0.1) is 6.61 Å². The van der Waals surface area contributed by atoms with Gasteiger partial charge >= 0.3 is 5.97 Å². The normalized spacial score (nSPS) is 12.9. The van der Waals surface area contributed by atoms with Crippen molar-refractivity contribution in [2.24, 2.45) is 0 Å². The molecule has 0 aliphatic heterocycles. The molecule has 0 fully saturated rings. The van der Waals surface area contributed by atoms with Crippen LogP contribution in [-0.4, -0.2) is 24.8 Å². The van der Waals surface area contributed by atoms with Crippen LogP contribution in [0.2, 0.25) is 0 Å². The van der Waals surface area contributed by atoms with Crippen molar-refractivity contribution in [3.05, 3.63) is 29.8 Å². The molecule has 0 saturated heterocycles. The van der Waals surface area contributed by atoms with Crippen molar-refractivity contribution in [3.8, 4) is 5.75 Å². The van der Waals surface area contributed by atoms with Gasteiger partial charge < -0.3 is 14.2 Å². The van der Waals surface area contributed by atoms with Gasteiger partial charge in [0.15, 0.2) is 6.10 Å². The predicted molar refractivity (Wildman–Crippen MR) is 73.1 cm³/mol. The number of hydrogen-bond acceptors (Lipinski definition) is 4. The molecule has 1 atom stereocenters. The van der Waals surface area contributed by atoms with Crippen LogP contribution in [0.25, 0.3) is 0 Å². The number of methoxy groups -OCH3 is 1. The van der Waals surface area contributed by atoms with Gasteiger partial charge in [-0.1, -0.05) is 12.1 Å². The highest BCUT2D eigenvalue weighted by molar-refractivity contribution is 5.75. The van der Waals surface area contributed by atoms with Crippen LogP contribution in [0.15, 0.2) is 24.3 Å². The lowest BCUT2D eigenvalue weighted by molar-refractivity contribution is -0.162. The van der Waals surface area contributed by atoms with Gasteiger partial charge in [0.2, 0.25) is 0 Å². The first-order chi connectivity index (χ1) is 8.81. The first-order valence-corrected chi connectivity index (χ1v) is 6.29. The summed E-state index contributed by atoms with van der Waals surface area (Å²) in [5.74, 6) is 0.262. The minimum Gasteiger partial charge on any atom is -0.479 e. The summed E-state index contributed by atoms with van der Waals surface area (Å²) < 4.78 is 15.9. The molecule has 0 bridgehead atoms. The molecule has 0 spiro atoms. The first kappa shape index (κ1) is 15.5. The minimum atomic E-state index is -0.642. The summed E-state index contributed by atoms with van der Waals surface area (Å²) in [5, 5.41) is 0. The van der Waals surface area contributed by atoms with Crippen molar-refractivity contribution >= 4 is 5.97 Å². The van der Waals surface area contributed by atoms with E-state index in [9.17, 15) is 4.79 Å². The number of ether oxygens (including phenoxy) is 3. The van der Waals surface area contributed by atoms with E-state index in [1.807, 2.05) is 39.0 Å². The van der Waals surface area contributed by atoms with Crippen LogP contribution in [0.3, 0.4) is 0 Å². The second-order valence-electron chi connectivity index (χ2n) is 5.37. The largest absolute Gasteiger partial charge is 0.479 e. The molecule has 1 aromatic carbocycles. The van der Waals surface area contributed by atoms with Crippen LogP contribution in [0, 0.1) is 0 Å². The fraction of sp³-hybridized carbons (Fsp3) is 0.533. The summed E-state index contributed by atoms with van der Waals surface area (Å²) in [6.45, 7) is 7.68.